The maximum Gasteiger partial charge on any atom is 0.336 e. The van der Waals surface area contributed by atoms with Gasteiger partial charge in [-0.05, 0) is 32.3 Å². The van der Waals surface area contributed by atoms with E-state index < -0.39 is 29.5 Å². The van der Waals surface area contributed by atoms with Crippen molar-refractivity contribution >= 4 is 23.8 Å². The summed E-state index contributed by atoms with van der Waals surface area (Å²) in [6.07, 6.45) is -0.0480. The first-order chi connectivity index (χ1) is 14.0. The fraction of sp³-hybridized carbons (Fsp3) is 0.545. The lowest BCUT2D eigenvalue weighted by atomic mass is 9.84. The van der Waals surface area contributed by atoms with Gasteiger partial charge in [0.05, 0.1) is 6.42 Å². The fourth-order valence-electron chi connectivity index (χ4n) is 3.53. The topological polar surface area (TPSA) is 125 Å². The van der Waals surface area contributed by atoms with Gasteiger partial charge in [0.2, 0.25) is 11.8 Å². The first-order valence-corrected chi connectivity index (χ1v) is 10.1. The van der Waals surface area contributed by atoms with Gasteiger partial charge in [-0.2, -0.15) is 0 Å². The summed E-state index contributed by atoms with van der Waals surface area (Å²) in [5, 5.41) is 2.70. The van der Waals surface area contributed by atoms with Crippen LogP contribution in [-0.2, 0) is 23.9 Å². The minimum atomic E-state index is -0.962. The highest BCUT2D eigenvalue weighted by molar-refractivity contribution is 5.92. The van der Waals surface area contributed by atoms with Crippen LogP contribution < -0.4 is 15.8 Å². The van der Waals surface area contributed by atoms with E-state index in [2.05, 4.69) is 5.32 Å². The van der Waals surface area contributed by atoms with E-state index in [1.165, 1.54) is 0 Å². The summed E-state index contributed by atoms with van der Waals surface area (Å²) in [4.78, 5) is 47.7. The second kappa shape index (κ2) is 9.73. The van der Waals surface area contributed by atoms with Crippen LogP contribution in [0.2, 0.25) is 0 Å². The standard InChI is InChI=1S/C22H30N2O6/c1-13(2)11-16(21(28)29-20(27)10-9-18(23)25)24-19(26)12-15-14-7-5-6-8-17(14)30-22(15,3)4/h5-8,13,15-16H,9-12H2,1-4H3,(H2,23,25)(H,24,26)/t15?,16-/m0/s1. The zero-order chi connectivity index (χ0) is 22.5. The van der Waals surface area contributed by atoms with Gasteiger partial charge >= 0.3 is 11.9 Å². The van der Waals surface area contributed by atoms with Gasteiger partial charge in [-0.1, -0.05) is 32.0 Å². The molecule has 1 heterocycles. The number of para-hydroxylation sites is 1. The number of hydrogen-bond acceptors (Lipinski definition) is 6. The molecule has 1 aromatic carbocycles. The van der Waals surface area contributed by atoms with Gasteiger partial charge in [0.25, 0.3) is 0 Å². The van der Waals surface area contributed by atoms with Crippen LogP contribution in [0.15, 0.2) is 24.3 Å². The first kappa shape index (κ1) is 23.4. The van der Waals surface area contributed by atoms with Crippen LogP contribution in [0.5, 0.6) is 5.75 Å². The van der Waals surface area contributed by atoms with Crippen molar-refractivity contribution in [3.63, 3.8) is 0 Å². The average molecular weight is 418 g/mol. The zero-order valence-electron chi connectivity index (χ0n) is 17.9. The molecule has 0 radical (unpaired) electrons. The van der Waals surface area contributed by atoms with Crippen LogP contribution in [-0.4, -0.2) is 35.4 Å². The van der Waals surface area contributed by atoms with Gasteiger partial charge in [0, 0.05) is 24.3 Å². The number of esters is 2. The summed E-state index contributed by atoms with van der Waals surface area (Å²) >= 11 is 0. The largest absolute Gasteiger partial charge is 0.487 e. The maximum absolute atomic E-state index is 12.8. The van der Waals surface area contributed by atoms with Crippen molar-refractivity contribution in [1.82, 2.24) is 5.32 Å². The number of ether oxygens (including phenoxy) is 2. The Morgan fingerprint density at radius 1 is 1.17 bits per heavy atom. The Bertz CT molecular complexity index is 818. The third-order valence-electron chi connectivity index (χ3n) is 5.01. The lowest BCUT2D eigenvalue weighted by Gasteiger charge is -2.27. The number of carbonyl (C=O) groups is 4. The van der Waals surface area contributed by atoms with E-state index in [1.54, 1.807) is 0 Å². The van der Waals surface area contributed by atoms with Crippen LogP contribution in [0.1, 0.15) is 64.9 Å². The molecule has 30 heavy (non-hydrogen) atoms. The second-order valence-corrected chi connectivity index (χ2v) is 8.51. The Morgan fingerprint density at radius 2 is 1.83 bits per heavy atom. The van der Waals surface area contributed by atoms with Crippen molar-refractivity contribution < 1.29 is 28.7 Å². The van der Waals surface area contributed by atoms with Crippen LogP contribution >= 0.6 is 0 Å². The molecule has 8 nitrogen and oxygen atoms in total. The van der Waals surface area contributed by atoms with Crippen molar-refractivity contribution in [1.29, 1.82) is 0 Å². The molecule has 1 aliphatic heterocycles. The highest BCUT2D eigenvalue weighted by Crippen LogP contribution is 2.46. The van der Waals surface area contributed by atoms with E-state index in [0.29, 0.717) is 6.42 Å². The molecule has 0 aliphatic carbocycles. The summed E-state index contributed by atoms with van der Waals surface area (Å²) < 4.78 is 10.8. The molecule has 0 bridgehead atoms. The predicted octanol–water partition coefficient (Wildman–Crippen LogP) is 2.20. The van der Waals surface area contributed by atoms with Crippen molar-refractivity contribution in [2.45, 2.75) is 70.9 Å². The molecule has 3 N–H and O–H groups in total. The number of fused-ring (bicyclic) bond motifs is 1. The molecule has 1 unspecified atom stereocenters. The van der Waals surface area contributed by atoms with Gasteiger partial charge in [-0.25, -0.2) is 4.79 Å². The Balaban J connectivity index is 2.03. The van der Waals surface area contributed by atoms with Crippen LogP contribution in [0, 0.1) is 5.92 Å². The minimum absolute atomic E-state index is 0.0792. The van der Waals surface area contributed by atoms with E-state index in [-0.39, 0.29) is 37.0 Å². The lowest BCUT2D eigenvalue weighted by Crippen LogP contribution is -2.44. The smallest absolute Gasteiger partial charge is 0.336 e. The van der Waals surface area contributed by atoms with Crippen molar-refractivity contribution in [3.05, 3.63) is 29.8 Å². The van der Waals surface area contributed by atoms with Crippen LogP contribution in [0.25, 0.3) is 0 Å². The molecule has 0 spiro atoms. The minimum Gasteiger partial charge on any atom is -0.487 e. The summed E-state index contributed by atoms with van der Waals surface area (Å²) in [7, 11) is 0. The van der Waals surface area contributed by atoms with E-state index >= 15 is 0 Å². The Labute approximate surface area is 176 Å². The molecule has 2 amide bonds. The van der Waals surface area contributed by atoms with Gasteiger partial charge in [-0.15, -0.1) is 0 Å². The molecule has 2 atom stereocenters. The molecular weight excluding hydrogens is 388 g/mol. The second-order valence-electron chi connectivity index (χ2n) is 8.51. The first-order valence-electron chi connectivity index (χ1n) is 10.1. The molecule has 1 aromatic rings. The predicted molar refractivity (Wildman–Crippen MR) is 109 cm³/mol. The number of nitrogens with two attached hydrogens (primary N) is 1. The highest BCUT2D eigenvalue weighted by Gasteiger charge is 2.42. The SMILES string of the molecule is CC(C)C[C@H](NC(=O)CC1c2ccccc2OC1(C)C)C(=O)OC(=O)CCC(N)=O. The molecule has 0 saturated heterocycles. The summed E-state index contributed by atoms with van der Waals surface area (Å²) in [6.45, 7) is 7.63. The number of nitrogens with one attached hydrogen (secondary N) is 1. The van der Waals surface area contributed by atoms with Crippen molar-refractivity contribution in [2.75, 3.05) is 0 Å². The molecule has 2 rings (SSSR count). The maximum atomic E-state index is 12.8. The third kappa shape index (κ3) is 6.30. The molecule has 0 saturated carbocycles. The number of rotatable bonds is 9. The van der Waals surface area contributed by atoms with Crippen molar-refractivity contribution in [3.8, 4) is 5.75 Å². The normalized spacial score (nSPS) is 17.6. The average Bonchev–Trinajstić information content (AvgIpc) is 2.89. The van der Waals surface area contributed by atoms with Gasteiger partial charge in [-0.3, -0.25) is 14.4 Å². The van der Waals surface area contributed by atoms with Gasteiger partial charge in [0.15, 0.2) is 0 Å². The number of benzene rings is 1. The van der Waals surface area contributed by atoms with Crippen LogP contribution in [0.4, 0.5) is 0 Å². The van der Waals surface area contributed by atoms with Crippen molar-refractivity contribution in [2.24, 2.45) is 11.7 Å². The third-order valence-corrected chi connectivity index (χ3v) is 5.01. The highest BCUT2D eigenvalue weighted by atomic mass is 16.6. The van der Waals surface area contributed by atoms with E-state index in [9.17, 15) is 19.2 Å². The number of primary amides is 1. The molecular formula is C22H30N2O6. The fourth-order valence-corrected chi connectivity index (χ4v) is 3.53. The molecule has 164 valence electrons. The number of amides is 2. The quantitative estimate of drug-likeness (QED) is 0.468. The van der Waals surface area contributed by atoms with E-state index in [4.69, 9.17) is 15.2 Å². The van der Waals surface area contributed by atoms with Gasteiger partial charge < -0.3 is 20.5 Å². The molecule has 0 aromatic heterocycles. The Kier molecular flexibility index (Phi) is 7.59. The molecule has 0 fully saturated rings. The molecule has 1 aliphatic rings. The summed E-state index contributed by atoms with van der Waals surface area (Å²) in [5.41, 5.74) is 5.37. The van der Waals surface area contributed by atoms with Gasteiger partial charge in [0.1, 0.15) is 17.4 Å². The number of hydrogen-bond donors (Lipinski definition) is 2. The summed E-state index contributed by atoms with van der Waals surface area (Å²) in [6, 6.07) is 6.60. The Hall–Kier alpha value is -2.90. The van der Waals surface area contributed by atoms with E-state index in [1.807, 2.05) is 52.0 Å². The lowest BCUT2D eigenvalue weighted by molar-refractivity contribution is -0.162. The molecule has 8 heteroatoms. The monoisotopic (exact) mass is 418 g/mol. The van der Waals surface area contributed by atoms with E-state index in [0.717, 1.165) is 11.3 Å². The number of carbonyl (C=O) groups excluding carboxylic acids is 4. The zero-order valence-corrected chi connectivity index (χ0v) is 17.9. The Morgan fingerprint density at radius 3 is 2.47 bits per heavy atom. The van der Waals surface area contributed by atoms with Crippen LogP contribution in [0.3, 0.4) is 0 Å². The summed E-state index contributed by atoms with van der Waals surface area (Å²) in [5.74, 6) is -2.03.